The molecule has 2 aromatic rings. The van der Waals surface area contributed by atoms with E-state index in [1.807, 2.05) is 36.5 Å². The third-order valence-electron chi connectivity index (χ3n) is 3.94. The number of benzene rings is 1. The summed E-state index contributed by atoms with van der Waals surface area (Å²) in [7, 11) is 0. The number of rotatable bonds is 3. The molecule has 1 saturated carbocycles. The van der Waals surface area contributed by atoms with Gasteiger partial charge in [0.05, 0.1) is 17.5 Å². The lowest BCUT2D eigenvalue weighted by Gasteiger charge is -2.26. The molecule has 116 valence electrons. The van der Waals surface area contributed by atoms with Gasteiger partial charge in [-0.25, -0.2) is 9.48 Å². The number of hydrogen-bond donors (Lipinski definition) is 3. The van der Waals surface area contributed by atoms with Gasteiger partial charge in [-0.15, -0.1) is 0 Å². The number of amides is 2. The molecule has 0 aliphatic heterocycles. The van der Waals surface area contributed by atoms with Gasteiger partial charge in [0.2, 0.25) is 0 Å². The van der Waals surface area contributed by atoms with E-state index < -0.39 is 0 Å². The monoisotopic (exact) mass is 300 g/mol. The minimum atomic E-state index is -0.221. The van der Waals surface area contributed by atoms with Crippen LogP contribution in [0.15, 0.2) is 42.7 Å². The maximum absolute atomic E-state index is 12.2. The number of urea groups is 1. The molecule has 1 aliphatic rings. The summed E-state index contributed by atoms with van der Waals surface area (Å²) in [5.41, 5.74) is 1.53. The van der Waals surface area contributed by atoms with Crippen LogP contribution in [0.2, 0.25) is 0 Å². The van der Waals surface area contributed by atoms with Crippen molar-refractivity contribution >= 4 is 11.7 Å². The molecular weight excluding hydrogens is 280 g/mol. The first-order valence-electron chi connectivity index (χ1n) is 7.57. The second kappa shape index (κ2) is 6.62. The molecule has 1 aliphatic carbocycles. The molecule has 22 heavy (non-hydrogen) atoms. The van der Waals surface area contributed by atoms with Crippen LogP contribution in [-0.2, 0) is 0 Å². The van der Waals surface area contributed by atoms with Crippen molar-refractivity contribution in [2.24, 2.45) is 0 Å². The number of carbonyl (C=O) groups is 1. The van der Waals surface area contributed by atoms with Crippen molar-refractivity contribution in [2.75, 3.05) is 5.32 Å². The van der Waals surface area contributed by atoms with Crippen LogP contribution in [0, 0.1) is 0 Å². The van der Waals surface area contributed by atoms with E-state index in [4.69, 9.17) is 0 Å². The molecule has 1 aromatic carbocycles. The third-order valence-corrected chi connectivity index (χ3v) is 3.94. The number of aromatic nitrogens is 2. The zero-order chi connectivity index (χ0) is 15.4. The highest BCUT2D eigenvalue weighted by molar-refractivity contribution is 5.91. The maximum Gasteiger partial charge on any atom is 0.319 e. The molecule has 0 unspecified atom stereocenters. The fourth-order valence-corrected chi connectivity index (χ4v) is 2.75. The first-order chi connectivity index (χ1) is 10.7. The van der Waals surface area contributed by atoms with Crippen LogP contribution in [-0.4, -0.2) is 33.1 Å². The molecule has 1 fully saturated rings. The summed E-state index contributed by atoms with van der Waals surface area (Å²) in [4.78, 5) is 12.2. The highest BCUT2D eigenvalue weighted by Gasteiger charge is 2.21. The van der Waals surface area contributed by atoms with Gasteiger partial charge in [0.25, 0.3) is 0 Å². The van der Waals surface area contributed by atoms with Gasteiger partial charge in [-0.1, -0.05) is 12.1 Å². The van der Waals surface area contributed by atoms with Crippen molar-refractivity contribution in [3.05, 3.63) is 42.7 Å². The lowest BCUT2D eigenvalue weighted by atomic mass is 9.93. The van der Waals surface area contributed by atoms with Gasteiger partial charge in [0.1, 0.15) is 0 Å². The summed E-state index contributed by atoms with van der Waals surface area (Å²) in [5.74, 6) is 0. The van der Waals surface area contributed by atoms with Crippen molar-refractivity contribution in [1.82, 2.24) is 15.1 Å². The van der Waals surface area contributed by atoms with E-state index in [2.05, 4.69) is 15.7 Å². The Hall–Kier alpha value is -2.34. The summed E-state index contributed by atoms with van der Waals surface area (Å²) in [6.07, 6.45) is 6.43. The number of anilines is 1. The fraction of sp³-hybridized carbons (Fsp3) is 0.375. The van der Waals surface area contributed by atoms with E-state index in [-0.39, 0.29) is 18.2 Å². The van der Waals surface area contributed by atoms with Crippen LogP contribution < -0.4 is 10.6 Å². The number of para-hydroxylation sites is 2. The number of nitrogens with zero attached hydrogens (tertiary/aromatic N) is 2. The van der Waals surface area contributed by atoms with Gasteiger partial charge < -0.3 is 15.7 Å². The molecule has 3 N–H and O–H groups in total. The minimum Gasteiger partial charge on any atom is -0.393 e. The Morgan fingerprint density at radius 1 is 1.18 bits per heavy atom. The summed E-state index contributed by atoms with van der Waals surface area (Å²) < 4.78 is 1.71. The molecule has 0 radical (unpaired) electrons. The molecule has 0 bridgehead atoms. The Kier molecular flexibility index (Phi) is 4.39. The van der Waals surface area contributed by atoms with E-state index in [1.165, 1.54) is 0 Å². The molecule has 6 heteroatoms. The average Bonchev–Trinajstić information content (AvgIpc) is 3.04. The second-order valence-corrected chi connectivity index (χ2v) is 5.57. The molecule has 3 rings (SSSR count). The van der Waals surface area contributed by atoms with Gasteiger partial charge in [-0.05, 0) is 43.9 Å². The molecule has 1 aromatic heterocycles. The summed E-state index contributed by atoms with van der Waals surface area (Å²) in [6.45, 7) is 0. The Labute approximate surface area is 129 Å². The van der Waals surface area contributed by atoms with Gasteiger partial charge >= 0.3 is 6.03 Å². The lowest BCUT2D eigenvalue weighted by Crippen LogP contribution is -2.41. The molecule has 6 nitrogen and oxygen atoms in total. The Morgan fingerprint density at radius 3 is 2.68 bits per heavy atom. The van der Waals surface area contributed by atoms with Crippen LogP contribution in [0.3, 0.4) is 0 Å². The predicted molar refractivity (Wildman–Crippen MR) is 84.0 cm³/mol. The van der Waals surface area contributed by atoms with E-state index in [9.17, 15) is 9.90 Å². The average molecular weight is 300 g/mol. The smallest absolute Gasteiger partial charge is 0.319 e. The van der Waals surface area contributed by atoms with E-state index in [1.54, 1.807) is 10.9 Å². The van der Waals surface area contributed by atoms with E-state index >= 15 is 0 Å². The minimum absolute atomic E-state index is 0.125. The summed E-state index contributed by atoms with van der Waals surface area (Å²) >= 11 is 0. The van der Waals surface area contributed by atoms with Crippen molar-refractivity contribution in [2.45, 2.75) is 37.8 Å². The number of carbonyl (C=O) groups excluding carboxylic acids is 1. The summed E-state index contributed by atoms with van der Waals surface area (Å²) in [5, 5.41) is 19.5. The lowest BCUT2D eigenvalue weighted by molar-refractivity contribution is 0.118. The Bertz CT molecular complexity index is 619. The van der Waals surface area contributed by atoms with Crippen LogP contribution in [0.4, 0.5) is 10.5 Å². The fourth-order valence-electron chi connectivity index (χ4n) is 2.75. The van der Waals surface area contributed by atoms with Crippen molar-refractivity contribution in [3.8, 4) is 5.69 Å². The van der Waals surface area contributed by atoms with Crippen LogP contribution in [0.5, 0.6) is 0 Å². The quantitative estimate of drug-likeness (QED) is 0.813. The molecule has 2 amide bonds. The van der Waals surface area contributed by atoms with Crippen molar-refractivity contribution in [3.63, 3.8) is 0 Å². The first kappa shape index (κ1) is 14.6. The number of aliphatic hydroxyl groups is 1. The van der Waals surface area contributed by atoms with Crippen LogP contribution >= 0.6 is 0 Å². The zero-order valence-electron chi connectivity index (χ0n) is 12.3. The number of aliphatic hydroxyl groups excluding tert-OH is 1. The standard InChI is InChI=1S/C16H20N4O2/c21-13-8-6-12(7-9-13)18-16(22)19-14-4-1-2-5-15(14)20-11-3-10-17-20/h1-5,10-13,21H,6-9H2,(H2,18,19,22). The normalized spacial score (nSPS) is 21.3. The van der Waals surface area contributed by atoms with Crippen molar-refractivity contribution in [1.29, 1.82) is 0 Å². The van der Waals surface area contributed by atoms with Crippen molar-refractivity contribution < 1.29 is 9.90 Å². The van der Waals surface area contributed by atoms with Gasteiger partial charge in [-0.2, -0.15) is 5.10 Å². The highest BCUT2D eigenvalue weighted by atomic mass is 16.3. The van der Waals surface area contributed by atoms with E-state index in [0.29, 0.717) is 5.69 Å². The first-order valence-corrected chi connectivity index (χ1v) is 7.57. The largest absolute Gasteiger partial charge is 0.393 e. The zero-order valence-corrected chi connectivity index (χ0v) is 12.3. The maximum atomic E-state index is 12.2. The molecule has 1 heterocycles. The Balaban J connectivity index is 1.65. The van der Waals surface area contributed by atoms with Gasteiger partial charge in [0.15, 0.2) is 0 Å². The van der Waals surface area contributed by atoms with Gasteiger partial charge in [0, 0.05) is 18.4 Å². The topological polar surface area (TPSA) is 79.2 Å². The predicted octanol–water partition coefficient (Wildman–Crippen LogP) is 2.30. The third kappa shape index (κ3) is 3.46. The Morgan fingerprint density at radius 2 is 1.95 bits per heavy atom. The summed E-state index contributed by atoms with van der Waals surface area (Å²) in [6, 6.07) is 9.27. The highest BCUT2D eigenvalue weighted by Crippen LogP contribution is 2.20. The van der Waals surface area contributed by atoms with Crippen LogP contribution in [0.25, 0.3) is 5.69 Å². The molecule has 0 saturated heterocycles. The number of nitrogens with one attached hydrogen (secondary N) is 2. The van der Waals surface area contributed by atoms with Gasteiger partial charge in [-0.3, -0.25) is 0 Å². The molecule has 0 atom stereocenters. The number of hydrogen-bond acceptors (Lipinski definition) is 3. The molecule has 0 spiro atoms. The van der Waals surface area contributed by atoms with Crippen LogP contribution in [0.1, 0.15) is 25.7 Å². The molecular formula is C16H20N4O2. The van der Waals surface area contributed by atoms with E-state index in [0.717, 1.165) is 31.4 Å². The second-order valence-electron chi connectivity index (χ2n) is 5.57. The SMILES string of the molecule is O=C(Nc1ccccc1-n1cccn1)NC1CCC(O)CC1.